The molecule has 1 heterocycles. The highest BCUT2D eigenvalue weighted by Crippen LogP contribution is 2.23. The summed E-state index contributed by atoms with van der Waals surface area (Å²) in [6, 6.07) is 8.11. The van der Waals surface area contributed by atoms with Gasteiger partial charge in [0.25, 0.3) is 0 Å². The molecule has 0 spiro atoms. The lowest BCUT2D eigenvalue weighted by molar-refractivity contribution is -0.221. The summed E-state index contributed by atoms with van der Waals surface area (Å²) in [5.41, 5.74) is 1.12. The Morgan fingerprint density at radius 3 is 3.05 bits per heavy atom. The van der Waals surface area contributed by atoms with E-state index < -0.39 is 0 Å². The average molecular weight is 303 g/mol. The van der Waals surface area contributed by atoms with Crippen LogP contribution in [0.25, 0.3) is 6.08 Å². The third-order valence-corrected chi connectivity index (χ3v) is 4.30. The minimum atomic E-state index is -0.172. The molecule has 1 unspecified atom stereocenters. The van der Waals surface area contributed by atoms with Gasteiger partial charge in [0.05, 0.1) is 5.75 Å². The van der Waals surface area contributed by atoms with E-state index >= 15 is 0 Å². The van der Waals surface area contributed by atoms with Crippen LogP contribution in [0.2, 0.25) is 0 Å². The van der Waals surface area contributed by atoms with Crippen LogP contribution in [-0.4, -0.2) is 35.4 Å². The van der Waals surface area contributed by atoms with Gasteiger partial charge in [-0.05, 0) is 30.9 Å². The van der Waals surface area contributed by atoms with Gasteiger partial charge in [0, 0.05) is 18.0 Å². The normalized spacial score (nSPS) is 19.0. The molecule has 1 saturated heterocycles. The Balaban J connectivity index is 1.90. The first-order valence-corrected chi connectivity index (χ1v) is 8.19. The summed E-state index contributed by atoms with van der Waals surface area (Å²) in [4.78, 5) is 1.16. The van der Waals surface area contributed by atoms with Crippen LogP contribution in [0, 0.1) is 12.3 Å². The number of nitrogens with zero attached hydrogens (tertiary/aromatic N) is 1. The summed E-state index contributed by atoms with van der Waals surface area (Å²) in [7, 11) is 0. The first-order valence-electron chi connectivity index (χ1n) is 7.20. The van der Waals surface area contributed by atoms with Crippen molar-refractivity contribution in [3.8, 4) is 12.3 Å². The van der Waals surface area contributed by atoms with Crippen LogP contribution in [0.15, 0.2) is 35.2 Å². The molecule has 0 radical (unpaired) electrons. The molecule has 1 aliphatic heterocycles. The lowest BCUT2D eigenvalue weighted by atomic mass is 10.2. The third-order valence-electron chi connectivity index (χ3n) is 3.31. The maximum absolute atomic E-state index is 9.99. The smallest absolute Gasteiger partial charge is 0.133 e. The van der Waals surface area contributed by atoms with Gasteiger partial charge in [-0.1, -0.05) is 36.3 Å². The molecule has 1 fully saturated rings. The van der Waals surface area contributed by atoms with E-state index in [0.29, 0.717) is 12.3 Å². The summed E-state index contributed by atoms with van der Waals surface area (Å²) in [6.07, 6.45) is 12.2. The van der Waals surface area contributed by atoms with Crippen LogP contribution < -0.4 is 0 Å². The van der Waals surface area contributed by atoms with Gasteiger partial charge in [0.2, 0.25) is 0 Å². The molecule has 1 N–H and O–H groups in total. The number of hydrogen-bond acceptors (Lipinski definition) is 4. The lowest BCUT2D eigenvalue weighted by Crippen LogP contribution is -2.37. The monoisotopic (exact) mass is 303 g/mol. The predicted molar refractivity (Wildman–Crippen MR) is 87.1 cm³/mol. The van der Waals surface area contributed by atoms with E-state index in [0.717, 1.165) is 36.3 Å². The number of benzene rings is 1. The van der Waals surface area contributed by atoms with Crippen molar-refractivity contribution in [3.63, 3.8) is 0 Å². The van der Waals surface area contributed by atoms with E-state index in [-0.39, 0.29) is 6.23 Å². The first kappa shape index (κ1) is 16.1. The van der Waals surface area contributed by atoms with Crippen LogP contribution in [0.4, 0.5) is 0 Å². The van der Waals surface area contributed by atoms with E-state index in [1.165, 1.54) is 5.06 Å². The molecule has 1 aromatic rings. The molecular formula is C17H21NO2S. The highest BCUT2D eigenvalue weighted by molar-refractivity contribution is 7.99. The van der Waals surface area contributed by atoms with Crippen LogP contribution >= 0.6 is 11.8 Å². The zero-order valence-corrected chi connectivity index (χ0v) is 12.9. The molecule has 0 aromatic heterocycles. The zero-order valence-electron chi connectivity index (χ0n) is 12.1. The van der Waals surface area contributed by atoms with Crippen molar-refractivity contribution in [2.24, 2.45) is 0 Å². The van der Waals surface area contributed by atoms with Crippen molar-refractivity contribution >= 4 is 17.8 Å². The van der Waals surface area contributed by atoms with E-state index in [2.05, 4.69) is 12.0 Å². The van der Waals surface area contributed by atoms with Gasteiger partial charge in [-0.15, -0.1) is 18.2 Å². The minimum absolute atomic E-state index is 0.172. The molecule has 1 aromatic carbocycles. The van der Waals surface area contributed by atoms with Crippen molar-refractivity contribution in [2.75, 3.05) is 18.9 Å². The number of terminal acetylenes is 1. The summed E-state index contributed by atoms with van der Waals surface area (Å²) < 4.78 is 5.54. The molecule has 112 valence electrons. The molecule has 21 heavy (non-hydrogen) atoms. The average Bonchev–Trinajstić information content (AvgIpc) is 2.54. The predicted octanol–water partition coefficient (Wildman–Crippen LogP) is 3.64. The Labute approximate surface area is 130 Å². The number of rotatable bonds is 6. The van der Waals surface area contributed by atoms with Crippen molar-refractivity contribution in [2.45, 2.75) is 30.4 Å². The second-order valence-corrected chi connectivity index (χ2v) is 5.89. The molecule has 3 nitrogen and oxygen atoms in total. The summed E-state index contributed by atoms with van der Waals surface area (Å²) in [6.45, 7) is 1.19. The van der Waals surface area contributed by atoms with Crippen LogP contribution in [0.5, 0.6) is 0 Å². The fourth-order valence-corrected chi connectivity index (χ4v) is 2.95. The SMILES string of the molecule is C#CCSc1ccccc1C=CCN(O)C1CCCCO1. The Bertz CT molecular complexity index is 504. The molecule has 0 bridgehead atoms. The second kappa shape index (κ2) is 8.91. The van der Waals surface area contributed by atoms with Crippen LogP contribution in [-0.2, 0) is 4.74 Å². The fourth-order valence-electron chi connectivity index (χ4n) is 2.23. The lowest BCUT2D eigenvalue weighted by Gasteiger charge is -2.28. The molecule has 4 heteroatoms. The molecule has 1 aliphatic rings. The summed E-state index contributed by atoms with van der Waals surface area (Å²) in [5, 5.41) is 11.3. The minimum Gasteiger partial charge on any atom is -0.361 e. The maximum atomic E-state index is 9.99. The summed E-state index contributed by atoms with van der Waals surface area (Å²) in [5.74, 6) is 3.29. The molecule has 0 aliphatic carbocycles. The number of thioether (sulfide) groups is 1. The van der Waals surface area contributed by atoms with Gasteiger partial charge in [0.1, 0.15) is 6.23 Å². The van der Waals surface area contributed by atoms with Crippen LogP contribution in [0.1, 0.15) is 24.8 Å². The largest absolute Gasteiger partial charge is 0.361 e. The maximum Gasteiger partial charge on any atom is 0.133 e. The number of hydroxylamine groups is 2. The van der Waals surface area contributed by atoms with Crippen molar-refractivity contribution in [1.82, 2.24) is 5.06 Å². The topological polar surface area (TPSA) is 32.7 Å². The van der Waals surface area contributed by atoms with Gasteiger partial charge >= 0.3 is 0 Å². The Kier molecular flexibility index (Phi) is 6.84. The Morgan fingerprint density at radius 2 is 2.29 bits per heavy atom. The molecule has 1 atom stereocenters. The quantitative estimate of drug-likeness (QED) is 0.494. The van der Waals surface area contributed by atoms with Gasteiger partial charge < -0.3 is 9.94 Å². The Morgan fingerprint density at radius 1 is 1.43 bits per heavy atom. The van der Waals surface area contributed by atoms with E-state index in [4.69, 9.17) is 11.2 Å². The van der Waals surface area contributed by atoms with Crippen molar-refractivity contribution in [1.29, 1.82) is 0 Å². The Hall–Kier alpha value is -1.25. The molecule has 0 amide bonds. The molecule has 0 saturated carbocycles. The van der Waals surface area contributed by atoms with Gasteiger partial charge in [0.15, 0.2) is 0 Å². The standard InChI is InChI=1S/C17H21NO2S/c1-2-14-21-16-10-4-3-8-15(16)9-7-12-18(19)17-11-5-6-13-20-17/h1,3-4,7-10,17,19H,5-6,11-14H2. The highest BCUT2D eigenvalue weighted by Gasteiger charge is 2.18. The van der Waals surface area contributed by atoms with E-state index in [1.54, 1.807) is 11.8 Å². The van der Waals surface area contributed by atoms with Crippen molar-refractivity contribution < 1.29 is 9.94 Å². The van der Waals surface area contributed by atoms with Gasteiger partial charge in [-0.25, -0.2) is 0 Å². The first-order chi connectivity index (χ1) is 10.3. The summed E-state index contributed by atoms with van der Waals surface area (Å²) >= 11 is 1.65. The van der Waals surface area contributed by atoms with Gasteiger partial charge in [-0.2, -0.15) is 5.06 Å². The number of ether oxygens (including phenoxy) is 1. The zero-order chi connectivity index (χ0) is 14.9. The number of hydrogen-bond donors (Lipinski definition) is 1. The van der Waals surface area contributed by atoms with E-state index in [9.17, 15) is 5.21 Å². The van der Waals surface area contributed by atoms with Gasteiger partial charge in [-0.3, -0.25) is 0 Å². The highest BCUT2D eigenvalue weighted by atomic mass is 32.2. The van der Waals surface area contributed by atoms with Crippen LogP contribution in [0.3, 0.4) is 0 Å². The second-order valence-electron chi connectivity index (χ2n) is 4.88. The fraction of sp³-hybridized carbons (Fsp3) is 0.412. The third kappa shape index (κ3) is 5.22. The molecular weight excluding hydrogens is 282 g/mol. The van der Waals surface area contributed by atoms with Crippen molar-refractivity contribution in [3.05, 3.63) is 35.9 Å². The van der Waals surface area contributed by atoms with E-state index in [1.807, 2.05) is 30.4 Å². The molecule has 2 rings (SSSR count).